The number of aromatic nitrogens is 2. The maximum Gasteiger partial charge on any atom is 0.247 e. The van der Waals surface area contributed by atoms with Crippen LogP contribution >= 0.6 is 0 Å². The number of carbonyl (C=O) groups is 3. The van der Waals surface area contributed by atoms with Gasteiger partial charge in [-0.15, -0.1) is 0 Å². The summed E-state index contributed by atoms with van der Waals surface area (Å²) in [6.07, 6.45) is 6.74. The topological polar surface area (TPSA) is 130 Å². The maximum atomic E-state index is 13.5. The van der Waals surface area contributed by atoms with Crippen molar-refractivity contribution in [3.63, 3.8) is 0 Å². The highest BCUT2D eigenvalue weighted by atomic mass is 16.5. The molecule has 0 radical (unpaired) electrons. The van der Waals surface area contributed by atoms with Gasteiger partial charge in [-0.3, -0.25) is 19.6 Å². The first kappa shape index (κ1) is 27.4. The molecule has 0 aliphatic heterocycles. The molecule has 0 spiro atoms. The third-order valence-corrected chi connectivity index (χ3v) is 7.30. The van der Waals surface area contributed by atoms with Gasteiger partial charge in [0.1, 0.15) is 6.04 Å². The summed E-state index contributed by atoms with van der Waals surface area (Å²) in [6.45, 7) is 5.53. The summed E-state index contributed by atoms with van der Waals surface area (Å²) in [5.41, 5.74) is 1.54. The number of amides is 3. The number of furan rings is 1. The normalized spacial score (nSPS) is 15.8. The number of hydrogen-bond acceptors (Lipinski definition) is 6. The molecule has 2 aromatic heterocycles. The van der Waals surface area contributed by atoms with Crippen LogP contribution in [0.3, 0.4) is 0 Å². The summed E-state index contributed by atoms with van der Waals surface area (Å²) in [5, 5.41) is 16.2. The molecule has 1 aliphatic carbocycles. The molecule has 0 saturated heterocycles. The molecular formula is C28H37N5O5. The van der Waals surface area contributed by atoms with E-state index >= 15 is 0 Å². The molecule has 204 valence electrons. The van der Waals surface area contributed by atoms with Crippen LogP contribution in [0, 0.1) is 17.3 Å². The van der Waals surface area contributed by atoms with Gasteiger partial charge < -0.3 is 19.6 Å². The van der Waals surface area contributed by atoms with Gasteiger partial charge in [-0.05, 0) is 48.1 Å². The van der Waals surface area contributed by atoms with Crippen LogP contribution in [0.15, 0.2) is 41.0 Å². The van der Waals surface area contributed by atoms with Gasteiger partial charge in [-0.25, -0.2) is 10.0 Å². The first-order chi connectivity index (χ1) is 18.1. The summed E-state index contributed by atoms with van der Waals surface area (Å²) in [7, 11) is 1.90. The number of hydroxylamine groups is 2. The van der Waals surface area contributed by atoms with Gasteiger partial charge >= 0.3 is 0 Å². The predicted octanol–water partition coefficient (Wildman–Crippen LogP) is 4.35. The molecule has 0 unspecified atom stereocenters. The molecule has 2 heterocycles. The molecule has 1 aromatic carbocycles. The Labute approximate surface area is 222 Å². The quantitative estimate of drug-likeness (QED) is 0.206. The van der Waals surface area contributed by atoms with Crippen molar-refractivity contribution < 1.29 is 24.0 Å². The Morgan fingerprint density at radius 2 is 1.97 bits per heavy atom. The fraction of sp³-hybridized carbons (Fsp3) is 0.500. The third-order valence-electron chi connectivity index (χ3n) is 7.30. The number of carbonyl (C=O) groups excluding carboxylic acids is 3. The molecule has 38 heavy (non-hydrogen) atoms. The van der Waals surface area contributed by atoms with E-state index < -0.39 is 17.4 Å². The largest absolute Gasteiger partial charge is 0.461 e. The Bertz CT molecular complexity index is 1270. The van der Waals surface area contributed by atoms with Gasteiger partial charge in [-0.2, -0.15) is 0 Å². The molecule has 2 atom stereocenters. The van der Waals surface area contributed by atoms with Crippen LogP contribution in [0.4, 0.5) is 5.69 Å². The first-order valence-electron chi connectivity index (χ1n) is 13.1. The summed E-state index contributed by atoms with van der Waals surface area (Å²) >= 11 is 0. The maximum absolute atomic E-state index is 13.5. The van der Waals surface area contributed by atoms with Crippen LogP contribution in [-0.4, -0.2) is 50.6 Å². The number of anilines is 1. The van der Waals surface area contributed by atoms with Gasteiger partial charge in [0.15, 0.2) is 11.6 Å². The second-order valence-electron chi connectivity index (χ2n) is 11.3. The summed E-state index contributed by atoms with van der Waals surface area (Å²) in [4.78, 5) is 42.5. The molecule has 1 aliphatic rings. The highest BCUT2D eigenvalue weighted by molar-refractivity contribution is 5.99. The van der Waals surface area contributed by atoms with Crippen molar-refractivity contribution in [2.45, 2.75) is 58.9 Å². The van der Waals surface area contributed by atoms with Gasteiger partial charge in [0.05, 0.1) is 29.8 Å². The standard InChI is InChI=1S/C28H37N5O5/c1-28(2,3)24(31-26(35)19(16-33(37)17-34)14-18-8-5-6-9-18)27(36)29-20-11-12-22-21(15-20)30-25(32(22)4)23-10-7-13-38-23/h7,10-13,15,17-19,24,37H,5-6,8-9,14,16H2,1-4H3,(H,29,36)(H,31,35)/t19-,24-/m1/s1. The van der Waals surface area contributed by atoms with Crippen molar-refractivity contribution >= 4 is 34.9 Å². The van der Waals surface area contributed by atoms with Crippen LogP contribution in [0.1, 0.15) is 52.9 Å². The van der Waals surface area contributed by atoms with Gasteiger partial charge in [0.2, 0.25) is 18.2 Å². The number of hydrogen-bond donors (Lipinski definition) is 3. The van der Waals surface area contributed by atoms with E-state index in [1.54, 1.807) is 24.5 Å². The van der Waals surface area contributed by atoms with Crippen molar-refractivity contribution in [2.24, 2.45) is 24.3 Å². The Kier molecular flexibility index (Phi) is 8.20. The van der Waals surface area contributed by atoms with E-state index in [0.717, 1.165) is 31.2 Å². The second-order valence-corrected chi connectivity index (χ2v) is 11.3. The molecule has 3 amide bonds. The number of nitrogens with one attached hydrogen (secondary N) is 2. The molecule has 1 saturated carbocycles. The smallest absolute Gasteiger partial charge is 0.247 e. The Balaban J connectivity index is 1.51. The lowest BCUT2D eigenvalue weighted by molar-refractivity contribution is -0.155. The van der Waals surface area contributed by atoms with E-state index in [1.165, 1.54) is 0 Å². The molecule has 3 aromatic rings. The van der Waals surface area contributed by atoms with E-state index in [2.05, 4.69) is 15.6 Å². The lowest BCUT2D eigenvalue weighted by Gasteiger charge is -2.32. The highest BCUT2D eigenvalue weighted by Crippen LogP contribution is 2.31. The van der Waals surface area contributed by atoms with Gasteiger partial charge in [0.25, 0.3) is 0 Å². The summed E-state index contributed by atoms with van der Waals surface area (Å²) < 4.78 is 7.41. The number of nitrogens with zero attached hydrogens (tertiary/aromatic N) is 3. The van der Waals surface area contributed by atoms with Crippen molar-refractivity contribution in [3.05, 3.63) is 36.6 Å². The van der Waals surface area contributed by atoms with Crippen molar-refractivity contribution in [1.29, 1.82) is 0 Å². The van der Waals surface area contributed by atoms with Crippen molar-refractivity contribution in [2.75, 3.05) is 11.9 Å². The second kappa shape index (κ2) is 11.4. The Hall–Kier alpha value is -3.66. The van der Waals surface area contributed by atoms with Crippen LogP contribution in [0.2, 0.25) is 0 Å². The monoisotopic (exact) mass is 523 g/mol. The Morgan fingerprint density at radius 1 is 1.24 bits per heavy atom. The van der Waals surface area contributed by atoms with E-state index in [-0.39, 0.29) is 18.4 Å². The van der Waals surface area contributed by atoms with E-state index in [0.29, 0.717) is 46.6 Å². The zero-order valence-electron chi connectivity index (χ0n) is 22.4. The summed E-state index contributed by atoms with van der Waals surface area (Å²) in [6, 6.07) is 8.26. The van der Waals surface area contributed by atoms with Crippen molar-refractivity contribution in [3.8, 4) is 11.6 Å². The van der Waals surface area contributed by atoms with Crippen molar-refractivity contribution in [1.82, 2.24) is 19.9 Å². The van der Waals surface area contributed by atoms with Crippen LogP contribution in [-0.2, 0) is 21.4 Å². The molecule has 3 N–H and O–H groups in total. The molecule has 0 bridgehead atoms. The van der Waals surface area contributed by atoms with Crippen LogP contribution in [0.25, 0.3) is 22.6 Å². The van der Waals surface area contributed by atoms with E-state index in [1.807, 2.05) is 44.5 Å². The fourth-order valence-corrected chi connectivity index (χ4v) is 5.24. The average molecular weight is 524 g/mol. The first-order valence-corrected chi connectivity index (χ1v) is 13.1. The molecule has 10 nitrogen and oxygen atoms in total. The number of fused-ring (bicyclic) bond motifs is 1. The zero-order valence-corrected chi connectivity index (χ0v) is 22.4. The number of benzene rings is 1. The highest BCUT2D eigenvalue weighted by Gasteiger charge is 2.36. The average Bonchev–Trinajstić information content (AvgIpc) is 3.63. The van der Waals surface area contributed by atoms with Crippen LogP contribution in [0.5, 0.6) is 0 Å². The zero-order chi connectivity index (χ0) is 27.4. The van der Waals surface area contributed by atoms with E-state index in [9.17, 15) is 19.6 Å². The van der Waals surface area contributed by atoms with E-state index in [4.69, 9.17) is 4.42 Å². The molecule has 1 fully saturated rings. The van der Waals surface area contributed by atoms with Gasteiger partial charge in [-0.1, -0.05) is 46.5 Å². The Morgan fingerprint density at radius 3 is 2.61 bits per heavy atom. The van der Waals surface area contributed by atoms with Crippen LogP contribution < -0.4 is 10.6 Å². The number of rotatable bonds is 10. The fourth-order valence-electron chi connectivity index (χ4n) is 5.24. The lowest BCUT2D eigenvalue weighted by Crippen LogP contribution is -2.54. The minimum absolute atomic E-state index is 0.112. The van der Waals surface area contributed by atoms with Gasteiger partial charge in [0, 0.05) is 12.7 Å². The predicted molar refractivity (Wildman–Crippen MR) is 143 cm³/mol. The number of imidazole rings is 1. The lowest BCUT2D eigenvalue weighted by atomic mass is 9.85. The summed E-state index contributed by atoms with van der Waals surface area (Å²) in [5.74, 6) is 0.363. The minimum atomic E-state index is -0.845. The molecule has 4 rings (SSSR count). The molecule has 10 heteroatoms. The third kappa shape index (κ3) is 6.24. The molecular weight excluding hydrogens is 486 g/mol. The SMILES string of the molecule is Cn1c(-c2ccco2)nc2cc(NC(=O)[C@@H](NC(=O)[C@H](CC3CCCC3)CN(O)C=O)C(C)(C)C)ccc21. The minimum Gasteiger partial charge on any atom is -0.461 e. The number of aryl methyl sites for hydroxylation is 1.